The Morgan fingerprint density at radius 3 is 2.81 bits per heavy atom. The van der Waals surface area contributed by atoms with E-state index in [1.54, 1.807) is 6.07 Å². The summed E-state index contributed by atoms with van der Waals surface area (Å²) in [6, 6.07) is 4.54. The van der Waals surface area contributed by atoms with Gasteiger partial charge in [0.25, 0.3) is 5.69 Å². The summed E-state index contributed by atoms with van der Waals surface area (Å²) < 4.78 is 0. The Balaban J connectivity index is 1.88. The third-order valence-corrected chi connectivity index (χ3v) is 4.17. The van der Waals surface area contributed by atoms with E-state index >= 15 is 0 Å². The van der Waals surface area contributed by atoms with Crippen molar-refractivity contribution in [3.05, 3.63) is 28.3 Å². The quantitative estimate of drug-likeness (QED) is 0.593. The van der Waals surface area contributed by atoms with Gasteiger partial charge in [0.1, 0.15) is 0 Å². The van der Waals surface area contributed by atoms with Crippen LogP contribution in [0.1, 0.15) is 32.1 Å². The van der Waals surface area contributed by atoms with Crippen LogP contribution >= 0.6 is 0 Å². The van der Waals surface area contributed by atoms with E-state index in [4.69, 9.17) is 0 Å². The van der Waals surface area contributed by atoms with Gasteiger partial charge in [-0.25, -0.2) is 4.98 Å². The topological polar surface area (TPSA) is 104 Å². The first kappa shape index (κ1) is 13.8. The smallest absolute Gasteiger partial charge is 0.271 e. The van der Waals surface area contributed by atoms with Crippen LogP contribution in [0.25, 0.3) is 11.0 Å². The number of benzene rings is 1. The number of hydrogen-bond donors (Lipinski definition) is 3. The first-order valence-electron chi connectivity index (χ1n) is 7.15. The Morgan fingerprint density at radius 1 is 1.38 bits per heavy atom. The summed E-state index contributed by atoms with van der Waals surface area (Å²) in [4.78, 5) is 17.8. The third kappa shape index (κ3) is 2.69. The minimum absolute atomic E-state index is 0.0345. The first-order valence-corrected chi connectivity index (χ1v) is 7.15. The lowest BCUT2D eigenvalue weighted by atomic mass is 9.82. The van der Waals surface area contributed by atoms with Crippen LogP contribution in [0.15, 0.2) is 18.2 Å². The molecular weight excluding hydrogens is 272 g/mol. The summed E-state index contributed by atoms with van der Waals surface area (Å²) in [6.45, 7) is 0.0597. The molecule has 0 unspecified atom stereocenters. The minimum atomic E-state index is -0.427. The Bertz CT molecular complexity index is 661. The van der Waals surface area contributed by atoms with E-state index < -0.39 is 4.92 Å². The predicted octanol–water partition coefficient (Wildman–Crippen LogP) is 2.58. The Kier molecular flexibility index (Phi) is 3.50. The fraction of sp³-hybridized carbons (Fsp3) is 0.500. The van der Waals surface area contributed by atoms with Gasteiger partial charge in [-0.05, 0) is 18.9 Å². The number of non-ortho nitro benzene ring substituents is 1. The molecule has 112 valence electrons. The molecule has 1 aliphatic rings. The summed E-state index contributed by atoms with van der Waals surface area (Å²) in [6.07, 6.45) is 5.16. The molecule has 0 radical (unpaired) electrons. The fourth-order valence-electron chi connectivity index (χ4n) is 2.97. The zero-order chi connectivity index (χ0) is 14.9. The van der Waals surface area contributed by atoms with Crippen molar-refractivity contribution in [2.75, 3.05) is 11.9 Å². The monoisotopic (exact) mass is 290 g/mol. The number of H-pyrrole nitrogens is 1. The third-order valence-electron chi connectivity index (χ3n) is 4.17. The van der Waals surface area contributed by atoms with E-state index in [0.717, 1.165) is 25.7 Å². The van der Waals surface area contributed by atoms with Crippen molar-refractivity contribution in [3.8, 4) is 0 Å². The van der Waals surface area contributed by atoms with Gasteiger partial charge in [0.05, 0.1) is 28.1 Å². The van der Waals surface area contributed by atoms with Crippen molar-refractivity contribution in [3.63, 3.8) is 0 Å². The molecule has 1 saturated carbocycles. The number of nitrogens with zero attached hydrogens (tertiary/aromatic N) is 2. The zero-order valence-corrected chi connectivity index (χ0v) is 11.6. The lowest BCUT2D eigenvalue weighted by molar-refractivity contribution is -0.384. The van der Waals surface area contributed by atoms with Crippen molar-refractivity contribution in [2.24, 2.45) is 0 Å². The van der Waals surface area contributed by atoms with Gasteiger partial charge in [0.2, 0.25) is 5.95 Å². The summed E-state index contributed by atoms with van der Waals surface area (Å²) in [5.74, 6) is 0.557. The molecule has 3 N–H and O–H groups in total. The maximum Gasteiger partial charge on any atom is 0.271 e. The largest absolute Gasteiger partial charge is 0.394 e. The number of anilines is 1. The Labute approximate surface area is 121 Å². The van der Waals surface area contributed by atoms with E-state index in [9.17, 15) is 15.2 Å². The molecule has 0 saturated heterocycles. The highest BCUT2D eigenvalue weighted by molar-refractivity contribution is 5.80. The molecule has 1 aromatic heterocycles. The average molecular weight is 290 g/mol. The van der Waals surface area contributed by atoms with Gasteiger partial charge in [-0.1, -0.05) is 19.3 Å². The van der Waals surface area contributed by atoms with E-state index in [2.05, 4.69) is 15.3 Å². The minimum Gasteiger partial charge on any atom is -0.394 e. The van der Waals surface area contributed by atoms with Crippen molar-refractivity contribution in [2.45, 2.75) is 37.6 Å². The number of hydrogen-bond acceptors (Lipinski definition) is 5. The van der Waals surface area contributed by atoms with Gasteiger partial charge in [-0.3, -0.25) is 10.1 Å². The molecule has 0 bridgehead atoms. The molecule has 0 spiro atoms. The number of aromatic amines is 1. The van der Waals surface area contributed by atoms with E-state index in [1.807, 2.05) is 0 Å². The van der Waals surface area contributed by atoms with Gasteiger partial charge in [-0.15, -0.1) is 0 Å². The highest BCUT2D eigenvalue weighted by atomic mass is 16.6. The number of nitro groups is 1. The van der Waals surface area contributed by atoms with E-state index in [-0.39, 0.29) is 17.8 Å². The van der Waals surface area contributed by atoms with E-state index in [0.29, 0.717) is 17.0 Å². The second kappa shape index (κ2) is 5.33. The predicted molar refractivity (Wildman–Crippen MR) is 79.3 cm³/mol. The zero-order valence-electron chi connectivity index (χ0n) is 11.6. The van der Waals surface area contributed by atoms with Crippen LogP contribution in [0, 0.1) is 10.1 Å². The molecule has 0 aliphatic heterocycles. The Hall–Kier alpha value is -2.15. The normalized spacial score (nSPS) is 17.8. The number of rotatable bonds is 4. The van der Waals surface area contributed by atoms with Crippen molar-refractivity contribution in [1.29, 1.82) is 0 Å². The van der Waals surface area contributed by atoms with Crippen molar-refractivity contribution in [1.82, 2.24) is 9.97 Å². The van der Waals surface area contributed by atoms with Gasteiger partial charge in [0.15, 0.2) is 0 Å². The molecule has 3 rings (SSSR count). The highest BCUT2D eigenvalue weighted by Crippen LogP contribution is 2.31. The van der Waals surface area contributed by atoms with Gasteiger partial charge in [-0.2, -0.15) is 0 Å². The molecule has 0 atom stereocenters. The van der Waals surface area contributed by atoms with E-state index in [1.165, 1.54) is 18.6 Å². The van der Waals surface area contributed by atoms with Gasteiger partial charge in [0, 0.05) is 12.1 Å². The maximum atomic E-state index is 10.8. The van der Waals surface area contributed by atoms with Crippen LogP contribution in [-0.4, -0.2) is 32.1 Å². The van der Waals surface area contributed by atoms with Crippen molar-refractivity contribution >= 4 is 22.7 Å². The molecule has 7 nitrogen and oxygen atoms in total. The van der Waals surface area contributed by atoms with Crippen LogP contribution in [-0.2, 0) is 0 Å². The summed E-state index contributed by atoms with van der Waals surface area (Å²) in [7, 11) is 0. The second-order valence-electron chi connectivity index (χ2n) is 5.67. The van der Waals surface area contributed by atoms with Crippen molar-refractivity contribution < 1.29 is 10.0 Å². The standard InChI is InChI=1S/C14H18N4O3/c19-9-14(6-2-1-3-7-14)17-13-15-11-5-4-10(18(20)21)8-12(11)16-13/h4-5,8,19H,1-3,6-7,9H2,(H2,15,16,17). The van der Waals surface area contributed by atoms with Gasteiger partial charge < -0.3 is 15.4 Å². The maximum absolute atomic E-state index is 10.8. The Morgan fingerprint density at radius 2 is 2.14 bits per heavy atom. The number of aliphatic hydroxyl groups is 1. The molecular formula is C14H18N4O3. The molecule has 1 aromatic carbocycles. The number of imidazole rings is 1. The summed E-state index contributed by atoms with van der Waals surface area (Å²) in [5.41, 5.74) is 0.993. The SMILES string of the molecule is O=[N+]([O-])c1ccc2nc(NC3(CO)CCCCC3)[nH]c2c1. The first-order chi connectivity index (χ1) is 10.1. The molecule has 1 fully saturated rings. The number of fused-ring (bicyclic) bond motifs is 1. The van der Waals surface area contributed by atoms with Gasteiger partial charge >= 0.3 is 0 Å². The van der Waals surface area contributed by atoms with Crippen LogP contribution in [0.2, 0.25) is 0 Å². The molecule has 1 aliphatic carbocycles. The fourth-order valence-corrected chi connectivity index (χ4v) is 2.97. The molecule has 2 aromatic rings. The lowest BCUT2D eigenvalue weighted by Crippen LogP contribution is -2.44. The lowest BCUT2D eigenvalue weighted by Gasteiger charge is -2.36. The van der Waals surface area contributed by atoms with Crippen LogP contribution in [0.3, 0.4) is 0 Å². The molecule has 0 amide bonds. The van der Waals surface area contributed by atoms with Crippen LogP contribution < -0.4 is 5.32 Å². The second-order valence-corrected chi connectivity index (χ2v) is 5.67. The summed E-state index contributed by atoms with van der Waals surface area (Å²) in [5, 5.41) is 23.8. The summed E-state index contributed by atoms with van der Waals surface area (Å²) >= 11 is 0. The number of aliphatic hydroxyl groups excluding tert-OH is 1. The van der Waals surface area contributed by atoms with Crippen LogP contribution in [0.4, 0.5) is 11.6 Å². The molecule has 1 heterocycles. The molecule has 7 heteroatoms. The average Bonchev–Trinajstić information content (AvgIpc) is 2.89. The number of nitrogens with one attached hydrogen (secondary N) is 2. The molecule has 21 heavy (non-hydrogen) atoms. The highest BCUT2D eigenvalue weighted by Gasteiger charge is 2.32. The van der Waals surface area contributed by atoms with Crippen LogP contribution in [0.5, 0.6) is 0 Å². The number of nitro benzene ring substituents is 1. The number of aromatic nitrogens is 2.